The highest BCUT2D eigenvalue weighted by molar-refractivity contribution is 8.01. The van der Waals surface area contributed by atoms with Crippen LogP contribution in [0.2, 0.25) is 15.1 Å². The smallest absolute Gasteiger partial charge is 0.234 e. The molecule has 0 saturated carbocycles. The molecule has 5 rings (SSSR count). The topological polar surface area (TPSA) is 138 Å². The molecule has 14 heteroatoms. The van der Waals surface area contributed by atoms with Gasteiger partial charge in [0.25, 0.3) is 0 Å². The van der Waals surface area contributed by atoms with E-state index in [0.29, 0.717) is 45.7 Å². The van der Waals surface area contributed by atoms with Crippen LogP contribution < -0.4 is 16.0 Å². The number of nitrogens with one attached hydrogen (secondary N) is 1. The first-order valence-electron chi connectivity index (χ1n) is 11.5. The fraction of sp³-hybridized carbons (Fsp3) is 0.200. The van der Waals surface area contributed by atoms with Crippen molar-refractivity contribution in [3.8, 4) is 6.07 Å². The first-order chi connectivity index (χ1) is 18.8. The monoisotopic (exact) mass is 617 g/mol. The maximum absolute atomic E-state index is 13.2. The van der Waals surface area contributed by atoms with Gasteiger partial charge in [-0.2, -0.15) is 5.26 Å². The Morgan fingerprint density at radius 2 is 2.03 bits per heavy atom. The molecule has 1 amide bonds. The predicted octanol–water partition coefficient (Wildman–Crippen LogP) is 5.93. The van der Waals surface area contributed by atoms with Gasteiger partial charge in [-0.05, 0) is 36.6 Å². The van der Waals surface area contributed by atoms with Crippen molar-refractivity contribution in [3.05, 3.63) is 80.0 Å². The van der Waals surface area contributed by atoms with E-state index in [-0.39, 0.29) is 43.9 Å². The highest BCUT2D eigenvalue weighted by Gasteiger charge is 2.41. The summed E-state index contributed by atoms with van der Waals surface area (Å²) in [6, 6.07) is 8.74. The first-order valence-corrected chi connectivity index (χ1v) is 14.5. The van der Waals surface area contributed by atoms with Crippen LogP contribution in [0.3, 0.4) is 0 Å². The molecule has 0 radical (unpaired) electrons. The molecule has 2 aliphatic rings. The number of allylic oxidation sites excluding steroid dienone is 3. The average Bonchev–Trinajstić information content (AvgIpc) is 3.39. The van der Waals surface area contributed by atoms with Crippen LogP contribution in [0.15, 0.2) is 63.7 Å². The van der Waals surface area contributed by atoms with Crippen molar-refractivity contribution in [1.82, 2.24) is 15.2 Å². The minimum absolute atomic E-state index is 0.0233. The van der Waals surface area contributed by atoms with Gasteiger partial charge < -0.3 is 11.1 Å². The number of carbonyl (C=O) groups excluding carboxylic acids is 2. The summed E-state index contributed by atoms with van der Waals surface area (Å²) in [4.78, 5) is 31.5. The van der Waals surface area contributed by atoms with Crippen LogP contribution in [0.5, 0.6) is 0 Å². The van der Waals surface area contributed by atoms with Crippen LogP contribution in [-0.4, -0.2) is 32.6 Å². The Morgan fingerprint density at radius 3 is 2.77 bits per heavy atom. The van der Waals surface area contributed by atoms with Crippen molar-refractivity contribution >= 4 is 80.4 Å². The average molecular weight is 619 g/mol. The summed E-state index contributed by atoms with van der Waals surface area (Å²) in [5, 5.41) is 22.5. The number of pyridine rings is 1. The highest BCUT2D eigenvalue weighted by Crippen LogP contribution is 2.47. The normalized spacial score (nSPS) is 17.2. The van der Waals surface area contributed by atoms with Crippen LogP contribution >= 0.6 is 57.9 Å². The Balaban J connectivity index is 1.39. The lowest BCUT2D eigenvalue weighted by atomic mass is 9.76. The molecule has 1 aliphatic heterocycles. The third-order valence-corrected chi connectivity index (χ3v) is 9.21. The van der Waals surface area contributed by atoms with Gasteiger partial charge in [0.2, 0.25) is 11.0 Å². The van der Waals surface area contributed by atoms with E-state index >= 15 is 0 Å². The molecule has 0 bridgehead atoms. The van der Waals surface area contributed by atoms with Crippen molar-refractivity contribution in [3.63, 3.8) is 0 Å². The van der Waals surface area contributed by atoms with Gasteiger partial charge in [-0.1, -0.05) is 64.0 Å². The van der Waals surface area contributed by atoms with Gasteiger partial charge >= 0.3 is 0 Å². The molecule has 39 heavy (non-hydrogen) atoms. The number of aromatic nitrogens is 3. The summed E-state index contributed by atoms with van der Waals surface area (Å²) >= 11 is 20.5. The molecule has 0 saturated heterocycles. The number of nitrogens with zero attached hydrogens (tertiary/aromatic N) is 5. The zero-order valence-electron chi connectivity index (χ0n) is 20.0. The number of carbonyl (C=O) groups is 2. The quantitative estimate of drug-likeness (QED) is 0.254. The number of thioether (sulfide) groups is 1. The fourth-order valence-corrected chi connectivity index (χ4v) is 6.74. The minimum atomic E-state index is -0.596. The van der Waals surface area contributed by atoms with Gasteiger partial charge in [-0.3, -0.25) is 19.5 Å². The fourth-order valence-electron chi connectivity index (χ4n) is 4.47. The summed E-state index contributed by atoms with van der Waals surface area (Å²) in [5.41, 5.74) is 9.10. The van der Waals surface area contributed by atoms with Crippen LogP contribution in [0.4, 0.5) is 10.8 Å². The number of nitrogens with two attached hydrogens (primary N) is 1. The summed E-state index contributed by atoms with van der Waals surface area (Å²) in [6.07, 6.45) is 4.91. The Hall–Kier alpha value is -3.14. The molecule has 1 atom stereocenters. The third-order valence-electron chi connectivity index (χ3n) is 6.13. The van der Waals surface area contributed by atoms with Crippen LogP contribution in [-0.2, 0) is 9.59 Å². The standard InChI is InChI=1S/C25H18Cl3N7O2S2/c26-14-7-16(28)17(8-15(14)27)32-20(37)11-38-25-34-33-24(39-25)35-18-4-1-5-19(36)22(18)21(13(9-29)23(35)30)12-3-2-6-31-10-12/h2-3,6-8,10,21H,1,4-5,11,30H2,(H,32,37). The summed E-state index contributed by atoms with van der Waals surface area (Å²) in [5.74, 6) is -0.744. The minimum Gasteiger partial charge on any atom is -0.384 e. The molecule has 198 valence electrons. The number of Topliss-reactive ketones (excluding diaryl/α,β-unsaturated/α-hetero) is 1. The second kappa shape index (κ2) is 11.5. The van der Waals surface area contributed by atoms with Crippen LogP contribution in [0, 0.1) is 11.3 Å². The van der Waals surface area contributed by atoms with Crippen LogP contribution in [0.25, 0.3) is 0 Å². The van der Waals surface area contributed by atoms with E-state index in [1.165, 1.54) is 35.2 Å². The Bertz CT molecular complexity index is 1580. The third kappa shape index (κ3) is 5.48. The van der Waals surface area contributed by atoms with E-state index < -0.39 is 5.92 Å². The molecular formula is C25H18Cl3N7O2S2. The number of halogens is 3. The number of hydrogen-bond donors (Lipinski definition) is 2. The van der Waals surface area contributed by atoms with E-state index in [9.17, 15) is 14.9 Å². The van der Waals surface area contributed by atoms with E-state index in [4.69, 9.17) is 40.5 Å². The highest BCUT2D eigenvalue weighted by atomic mass is 35.5. The largest absolute Gasteiger partial charge is 0.384 e. The SMILES string of the molecule is N#CC1=C(N)N(c2nnc(SCC(=O)Nc3cc(Cl)c(Cl)cc3Cl)s2)C2=C(C(=O)CCC2)C1c1cccnc1. The van der Waals surface area contributed by atoms with Gasteiger partial charge in [0.1, 0.15) is 5.82 Å². The molecular weight excluding hydrogens is 601 g/mol. The molecule has 3 aromatic rings. The molecule has 3 heterocycles. The molecule has 9 nitrogen and oxygen atoms in total. The molecule has 2 aromatic heterocycles. The molecule has 1 aliphatic carbocycles. The van der Waals surface area contributed by atoms with Crippen molar-refractivity contribution in [2.75, 3.05) is 16.0 Å². The van der Waals surface area contributed by atoms with Gasteiger partial charge in [0, 0.05) is 30.1 Å². The van der Waals surface area contributed by atoms with E-state index in [1.807, 2.05) is 6.07 Å². The lowest BCUT2D eigenvalue weighted by molar-refractivity contribution is -0.116. The maximum atomic E-state index is 13.2. The van der Waals surface area contributed by atoms with Gasteiger partial charge in [-0.15, -0.1) is 10.2 Å². The van der Waals surface area contributed by atoms with Crippen molar-refractivity contribution in [2.45, 2.75) is 29.5 Å². The maximum Gasteiger partial charge on any atom is 0.234 e. The second-order valence-electron chi connectivity index (χ2n) is 8.54. The number of anilines is 2. The predicted molar refractivity (Wildman–Crippen MR) is 153 cm³/mol. The number of benzene rings is 1. The molecule has 1 unspecified atom stereocenters. The van der Waals surface area contributed by atoms with E-state index in [0.717, 1.165) is 5.56 Å². The number of hydrogen-bond acceptors (Lipinski definition) is 10. The molecule has 3 N–H and O–H groups in total. The second-order valence-corrected chi connectivity index (χ2v) is 11.9. The van der Waals surface area contributed by atoms with Gasteiger partial charge in [0.15, 0.2) is 10.1 Å². The van der Waals surface area contributed by atoms with Crippen molar-refractivity contribution in [1.29, 1.82) is 5.26 Å². The number of rotatable bonds is 6. The number of ketones is 1. The van der Waals surface area contributed by atoms with Crippen LogP contribution in [0.1, 0.15) is 30.7 Å². The van der Waals surface area contributed by atoms with Gasteiger partial charge in [0.05, 0.1) is 44.1 Å². The number of nitriles is 1. The van der Waals surface area contributed by atoms with Gasteiger partial charge in [-0.25, -0.2) is 0 Å². The molecule has 0 spiro atoms. The molecule has 1 aromatic carbocycles. The summed E-state index contributed by atoms with van der Waals surface area (Å²) in [6.45, 7) is 0. The lowest BCUT2D eigenvalue weighted by Gasteiger charge is -2.37. The Labute approximate surface area is 246 Å². The van der Waals surface area contributed by atoms with E-state index in [2.05, 4.69) is 26.6 Å². The molecule has 0 fully saturated rings. The van der Waals surface area contributed by atoms with E-state index in [1.54, 1.807) is 23.4 Å². The number of amides is 1. The zero-order chi connectivity index (χ0) is 27.7. The Morgan fingerprint density at radius 1 is 1.23 bits per heavy atom. The Kier molecular flexibility index (Phi) is 8.11. The lowest BCUT2D eigenvalue weighted by Crippen LogP contribution is -2.38. The summed E-state index contributed by atoms with van der Waals surface area (Å²) < 4.78 is 0.505. The zero-order valence-corrected chi connectivity index (χ0v) is 23.9. The van der Waals surface area contributed by atoms with Crippen molar-refractivity contribution < 1.29 is 9.59 Å². The first kappa shape index (κ1) is 27.4. The summed E-state index contributed by atoms with van der Waals surface area (Å²) in [7, 11) is 0. The van der Waals surface area contributed by atoms with Crippen molar-refractivity contribution in [2.24, 2.45) is 5.73 Å².